The van der Waals surface area contributed by atoms with E-state index >= 15 is 0 Å². The summed E-state index contributed by atoms with van der Waals surface area (Å²) in [5, 5.41) is 13.1. The number of ether oxygens (including phenoxy) is 1. The van der Waals surface area contributed by atoms with Gasteiger partial charge < -0.3 is 20.1 Å². The number of hydrogen-bond donors (Lipinski definition) is 2. The third kappa shape index (κ3) is 7.48. The van der Waals surface area contributed by atoms with Gasteiger partial charge in [0.1, 0.15) is 18.5 Å². The topological polar surface area (TPSA) is 44.7 Å². The number of nitrogens with one attached hydrogen (secondary N) is 1. The normalized spacial score (nSPS) is 12.7. The zero-order chi connectivity index (χ0) is 14.8. The van der Waals surface area contributed by atoms with Gasteiger partial charge in [-0.25, -0.2) is 0 Å². The van der Waals surface area contributed by atoms with E-state index in [2.05, 4.69) is 43.4 Å². The minimum atomic E-state index is -0.472. The van der Waals surface area contributed by atoms with Crippen LogP contribution in [0.1, 0.15) is 18.9 Å². The Morgan fingerprint density at radius 3 is 2.55 bits per heavy atom. The summed E-state index contributed by atoms with van der Waals surface area (Å²) in [6, 6.07) is 8.02. The molecule has 0 fully saturated rings. The van der Waals surface area contributed by atoms with Gasteiger partial charge in [0.25, 0.3) is 0 Å². The van der Waals surface area contributed by atoms with Crippen molar-refractivity contribution in [2.75, 3.05) is 40.3 Å². The van der Waals surface area contributed by atoms with E-state index in [1.165, 1.54) is 5.56 Å². The Labute approximate surface area is 122 Å². The number of nitrogens with zero attached hydrogens (tertiary/aromatic N) is 1. The summed E-state index contributed by atoms with van der Waals surface area (Å²) in [5.41, 5.74) is 1.29. The van der Waals surface area contributed by atoms with Crippen LogP contribution in [0.25, 0.3) is 0 Å². The molecule has 0 bridgehead atoms. The van der Waals surface area contributed by atoms with Gasteiger partial charge in [0, 0.05) is 6.54 Å². The molecule has 0 saturated carbocycles. The molecule has 0 radical (unpaired) electrons. The highest BCUT2D eigenvalue weighted by Crippen LogP contribution is 2.12. The maximum atomic E-state index is 9.82. The van der Waals surface area contributed by atoms with Crippen LogP contribution >= 0.6 is 0 Å². The second-order valence-corrected chi connectivity index (χ2v) is 5.32. The Morgan fingerprint density at radius 1 is 1.25 bits per heavy atom. The van der Waals surface area contributed by atoms with Gasteiger partial charge in [-0.05, 0) is 57.7 Å². The number of hydrogen-bond acceptors (Lipinski definition) is 4. The molecule has 1 rings (SSSR count). The van der Waals surface area contributed by atoms with Crippen LogP contribution in [0.3, 0.4) is 0 Å². The molecule has 0 amide bonds. The van der Waals surface area contributed by atoms with Crippen molar-refractivity contribution < 1.29 is 9.84 Å². The number of aryl methyl sites for hydroxylation is 1. The van der Waals surface area contributed by atoms with Crippen LogP contribution in [0.4, 0.5) is 0 Å². The lowest BCUT2D eigenvalue weighted by molar-refractivity contribution is 0.106. The Balaban J connectivity index is 2.11. The molecule has 1 unspecified atom stereocenters. The van der Waals surface area contributed by atoms with Gasteiger partial charge in [-0.2, -0.15) is 0 Å². The van der Waals surface area contributed by atoms with Crippen LogP contribution in [0.15, 0.2) is 24.3 Å². The molecule has 1 aromatic rings. The average molecular weight is 280 g/mol. The van der Waals surface area contributed by atoms with Crippen molar-refractivity contribution in [3.05, 3.63) is 29.8 Å². The van der Waals surface area contributed by atoms with Crippen LogP contribution < -0.4 is 10.1 Å². The predicted molar refractivity (Wildman–Crippen MR) is 83.4 cm³/mol. The van der Waals surface area contributed by atoms with Crippen molar-refractivity contribution in [1.29, 1.82) is 0 Å². The first kappa shape index (κ1) is 17.0. The molecule has 0 aromatic heterocycles. The van der Waals surface area contributed by atoms with E-state index in [9.17, 15) is 5.11 Å². The fourth-order valence-electron chi connectivity index (χ4n) is 1.86. The first-order chi connectivity index (χ1) is 9.61. The van der Waals surface area contributed by atoms with Crippen LogP contribution in [-0.4, -0.2) is 56.4 Å². The van der Waals surface area contributed by atoms with E-state index in [0.29, 0.717) is 13.2 Å². The highest BCUT2D eigenvalue weighted by Gasteiger charge is 2.04. The minimum absolute atomic E-state index is 0.326. The fraction of sp³-hybridized carbons (Fsp3) is 0.625. The molecule has 0 saturated heterocycles. The van der Waals surface area contributed by atoms with Crippen molar-refractivity contribution in [1.82, 2.24) is 10.2 Å². The Bertz CT molecular complexity index is 352. The van der Waals surface area contributed by atoms with Crippen molar-refractivity contribution in [2.45, 2.75) is 25.9 Å². The lowest BCUT2D eigenvalue weighted by Gasteiger charge is -2.14. The molecule has 0 spiro atoms. The smallest absolute Gasteiger partial charge is 0.119 e. The quantitative estimate of drug-likeness (QED) is 0.638. The van der Waals surface area contributed by atoms with E-state index in [1.54, 1.807) is 0 Å². The second kappa shape index (κ2) is 9.75. The van der Waals surface area contributed by atoms with Gasteiger partial charge in [-0.1, -0.05) is 19.1 Å². The lowest BCUT2D eigenvalue weighted by Crippen LogP contribution is -2.32. The van der Waals surface area contributed by atoms with E-state index in [-0.39, 0.29) is 0 Å². The van der Waals surface area contributed by atoms with Crippen LogP contribution in [0.5, 0.6) is 5.75 Å². The highest BCUT2D eigenvalue weighted by atomic mass is 16.5. The third-order valence-corrected chi connectivity index (χ3v) is 3.11. The largest absolute Gasteiger partial charge is 0.491 e. The molecule has 2 N–H and O–H groups in total. The molecule has 1 aromatic carbocycles. The van der Waals surface area contributed by atoms with E-state index in [4.69, 9.17) is 4.74 Å². The summed E-state index contributed by atoms with van der Waals surface area (Å²) < 4.78 is 5.56. The van der Waals surface area contributed by atoms with Crippen molar-refractivity contribution in [3.8, 4) is 5.75 Å². The first-order valence-electron chi connectivity index (χ1n) is 7.37. The molecule has 114 valence electrons. The summed E-state index contributed by atoms with van der Waals surface area (Å²) in [7, 11) is 4.12. The lowest BCUT2D eigenvalue weighted by atomic mass is 10.2. The Hall–Kier alpha value is -1.10. The SMILES string of the molecule is CCc1ccc(OCC(O)CNCCCN(C)C)cc1. The van der Waals surface area contributed by atoms with Gasteiger partial charge in [0.05, 0.1) is 0 Å². The second-order valence-electron chi connectivity index (χ2n) is 5.32. The minimum Gasteiger partial charge on any atom is -0.491 e. The summed E-state index contributed by atoms with van der Waals surface area (Å²) in [4.78, 5) is 2.15. The molecule has 4 heteroatoms. The van der Waals surface area contributed by atoms with Gasteiger partial charge >= 0.3 is 0 Å². The molecule has 0 aliphatic rings. The average Bonchev–Trinajstić information content (AvgIpc) is 2.45. The molecule has 4 nitrogen and oxygen atoms in total. The standard InChI is InChI=1S/C16H28N2O2/c1-4-14-6-8-16(9-7-14)20-13-15(19)12-17-10-5-11-18(2)3/h6-9,15,17,19H,4-5,10-13H2,1-3H3. The number of aliphatic hydroxyl groups is 1. The third-order valence-electron chi connectivity index (χ3n) is 3.11. The highest BCUT2D eigenvalue weighted by molar-refractivity contribution is 5.27. The van der Waals surface area contributed by atoms with Crippen molar-refractivity contribution in [2.24, 2.45) is 0 Å². The molecule has 0 heterocycles. The zero-order valence-electron chi connectivity index (χ0n) is 12.9. The van der Waals surface area contributed by atoms with Crippen LogP contribution in [0, 0.1) is 0 Å². The number of aliphatic hydroxyl groups excluding tert-OH is 1. The Morgan fingerprint density at radius 2 is 1.95 bits per heavy atom. The van der Waals surface area contributed by atoms with Gasteiger partial charge in [0.15, 0.2) is 0 Å². The fourth-order valence-corrected chi connectivity index (χ4v) is 1.86. The van der Waals surface area contributed by atoms with Crippen LogP contribution in [0.2, 0.25) is 0 Å². The predicted octanol–water partition coefficient (Wildman–Crippen LogP) is 1.53. The summed E-state index contributed by atoms with van der Waals surface area (Å²) in [6.45, 7) is 5.00. The Kier molecular flexibility index (Phi) is 8.26. The zero-order valence-corrected chi connectivity index (χ0v) is 12.9. The maximum absolute atomic E-state index is 9.82. The molecular formula is C16H28N2O2. The number of benzene rings is 1. The summed E-state index contributed by atoms with van der Waals surface area (Å²) >= 11 is 0. The molecule has 1 atom stereocenters. The van der Waals surface area contributed by atoms with E-state index in [0.717, 1.165) is 31.7 Å². The number of rotatable bonds is 10. The molecular weight excluding hydrogens is 252 g/mol. The van der Waals surface area contributed by atoms with E-state index in [1.807, 2.05) is 12.1 Å². The van der Waals surface area contributed by atoms with Gasteiger partial charge in [0.2, 0.25) is 0 Å². The van der Waals surface area contributed by atoms with Crippen molar-refractivity contribution >= 4 is 0 Å². The molecule has 20 heavy (non-hydrogen) atoms. The van der Waals surface area contributed by atoms with Gasteiger partial charge in [-0.3, -0.25) is 0 Å². The van der Waals surface area contributed by atoms with E-state index < -0.39 is 6.10 Å². The maximum Gasteiger partial charge on any atom is 0.119 e. The molecule has 0 aliphatic carbocycles. The first-order valence-corrected chi connectivity index (χ1v) is 7.37. The summed E-state index contributed by atoms with van der Waals surface area (Å²) in [5.74, 6) is 0.814. The van der Waals surface area contributed by atoms with Crippen LogP contribution in [-0.2, 0) is 6.42 Å². The summed E-state index contributed by atoms with van der Waals surface area (Å²) in [6.07, 6.45) is 1.64. The molecule has 0 aliphatic heterocycles. The van der Waals surface area contributed by atoms with Gasteiger partial charge in [-0.15, -0.1) is 0 Å². The monoisotopic (exact) mass is 280 g/mol. The van der Waals surface area contributed by atoms with Crippen molar-refractivity contribution in [3.63, 3.8) is 0 Å².